The molecule has 0 aromatic heterocycles. The van der Waals surface area contributed by atoms with Crippen LogP contribution in [0.2, 0.25) is 0 Å². The Morgan fingerprint density at radius 3 is 0.884 bits per heavy atom. The molecule has 6 nitrogen and oxygen atoms in total. The van der Waals surface area contributed by atoms with Crippen LogP contribution in [0.4, 0.5) is 0 Å². The lowest BCUT2D eigenvalue weighted by atomic mass is 10.0. The summed E-state index contributed by atoms with van der Waals surface area (Å²) in [5.41, 5.74) is 0. The normalized spacial score (nSPS) is 12.5. The minimum Gasteiger partial charge on any atom is -0.466 e. The van der Waals surface area contributed by atoms with Crippen molar-refractivity contribution in [3.63, 3.8) is 0 Å². The third-order valence-corrected chi connectivity index (χ3v) is 15.2. The van der Waals surface area contributed by atoms with E-state index in [1.165, 1.54) is 295 Å². The van der Waals surface area contributed by atoms with Crippen molar-refractivity contribution < 1.29 is 24.5 Å². The molecule has 412 valence electrons. The summed E-state index contributed by atoms with van der Waals surface area (Å²) in [4.78, 5) is 24.6. The number of amides is 1. The van der Waals surface area contributed by atoms with E-state index in [-0.39, 0.29) is 18.5 Å². The number of carbonyl (C=O) groups is 2. The van der Waals surface area contributed by atoms with Crippen LogP contribution < -0.4 is 5.32 Å². The van der Waals surface area contributed by atoms with Crippen molar-refractivity contribution in [3.8, 4) is 0 Å². The van der Waals surface area contributed by atoms with Crippen molar-refractivity contribution in [2.45, 2.75) is 379 Å². The summed E-state index contributed by atoms with van der Waals surface area (Å²) in [5, 5.41) is 23.3. The number of hydrogen-bond donors (Lipinski definition) is 3. The minimum absolute atomic E-state index is 0.0142. The Morgan fingerprint density at radius 1 is 0.348 bits per heavy atom. The van der Waals surface area contributed by atoms with Gasteiger partial charge in [0.25, 0.3) is 0 Å². The first-order chi connectivity index (χ1) is 34.0. The van der Waals surface area contributed by atoms with Crippen molar-refractivity contribution in [2.24, 2.45) is 0 Å². The number of carbonyl (C=O) groups excluding carboxylic acids is 2. The van der Waals surface area contributed by atoms with Crippen molar-refractivity contribution in [2.75, 3.05) is 13.2 Å². The number of aliphatic hydroxyl groups excluding tert-OH is 2. The Bertz CT molecular complexity index is 990. The van der Waals surface area contributed by atoms with E-state index in [2.05, 4.69) is 19.2 Å². The monoisotopic (exact) mass is 976 g/mol. The Morgan fingerprint density at radius 2 is 0.594 bits per heavy atom. The van der Waals surface area contributed by atoms with Gasteiger partial charge in [0.1, 0.15) is 0 Å². The highest BCUT2D eigenvalue weighted by Crippen LogP contribution is 2.19. The van der Waals surface area contributed by atoms with Crippen LogP contribution in [0.3, 0.4) is 0 Å². The Kier molecular flexibility index (Phi) is 58.4. The van der Waals surface area contributed by atoms with Gasteiger partial charge in [-0.1, -0.05) is 328 Å². The molecule has 0 heterocycles. The molecule has 0 aromatic rings. The van der Waals surface area contributed by atoms with Crippen molar-refractivity contribution in [3.05, 3.63) is 0 Å². The van der Waals surface area contributed by atoms with Crippen LogP contribution in [-0.2, 0) is 14.3 Å². The molecule has 3 N–H and O–H groups in total. The van der Waals surface area contributed by atoms with Crippen LogP contribution in [-0.4, -0.2) is 47.4 Å². The molecule has 0 aliphatic carbocycles. The van der Waals surface area contributed by atoms with Gasteiger partial charge in [-0.15, -0.1) is 0 Å². The molecule has 0 aliphatic heterocycles. The zero-order chi connectivity index (χ0) is 50.0. The van der Waals surface area contributed by atoms with Crippen LogP contribution in [0.15, 0.2) is 0 Å². The fraction of sp³-hybridized carbons (Fsp3) is 0.968. The largest absolute Gasteiger partial charge is 0.466 e. The molecular formula is C63H125NO5. The van der Waals surface area contributed by atoms with Crippen molar-refractivity contribution in [1.29, 1.82) is 0 Å². The van der Waals surface area contributed by atoms with Gasteiger partial charge in [0.05, 0.1) is 25.4 Å². The quantitative estimate of drug-likeness (QED) is 0.0417. The molecule has 2 atom stereocenters. The van der Waals surface area contributed by atoms with Crippen LogP contribution in [0.25, 0.3) is 0 Å². The Balaban J connectivity index is 3.37. The average molecular weight is 977 g/mol. The predicted molar refractivity (Wildman–Crippen MR) is 301 cm³/mol. The molecule has 0 aromatic carbocycles. The van der Waals surface area contributed by atoms with Crippen molar-refractivity contribution in [1.82, 2.24) is 5.32 Å². The zero-order valence-electron chi connectivity index (χ0n) is 47.1. The highest BCUT2D eigenvalue weighted by molar-refractivity contribution is 5.76. The first-order valence-electron chi connectivity index (χ1n) is 31.8. The average Bonchev–Trinajstić information content (AvgIpc) is 3.35. The second-order valence-corrected chi connectivity index (χ2v) is 22.1. The molecule has 0 bridgehead atoms. The SMILES string of the molecule is CCCCCCCCCCCCCCCCCCCC(=O)OCCCCCCCCCCCCCCCCCCCCCC(=O)NC(CO)C(O)CCCCCCCCCCCCCCCCCC. The predicted octanol–water partition coefficient (Wildman–Crippen LogP) is 19.9. The third-order valence-electron chi connectivity index (χ3n) is 15.2. The summed E-state index contributed by atoms with van der Waals surface area (Å²) in [6.45, 7) is 4.99. The number of nitrogens with one attached hydrogen (secondary N) is 1. The highest BCUT2D eigenvalue weighted by Gasteiger charge is 2.20. The first-order valence-corrected chi connectivity index (χ1v) is 31.8. The van der Waals surface area contributed by atoms with Crippen LogP contribution in [0.1, 0.15) is 367 Å². The van der Waals surface area contributed by atoms with E-state index < -0.39 is 12.1 Å². The lowest BCUT2D eigenvalue weighted by Crippen LogP contribution is -2.45. The second kappa shape index (κ2) is 59.4. The summed E-state index contributed by atoms with van der Waals surface area (Å²) in [5.74, 6) is -0.0199. The number of ether oxygens (including phenoxy) is 1. The summed E-state index contributed by atoms with van der Waals surface area (Å²) < 4.78 is 5.50. The van der Waals surface area contributed by atoms with E-state index in [4.69, 9.17) is 4.74 Å². The minimum atomic E-state index is -0.665. The molecule has 2 unspecified atom stereocenters. The van der Waals surface area contributed by atoms with Gasteiger partial charge < -0.3 is 20.3 Å². The standard InChI is InChI=1S/C63H125NO5/c1-3-5-7-9-11-13-15-17-19-24-29-33-37-41-45-49-53-57-63(68)69-58-54-50-46-42-38-34-30-26-23-21-22-25-28-32-36-40-44-48-52-56-62(67)64-60(59-65)61(66)55-51-47-43-39-35-31-27-20-18-16-14-12-10-8-6-4-2/h60-61,65-66H,3-59H2,1-2H3,(H,64,67). The molecule has 69 heavy (non-hydrogen) atoms. The molecule has 0 rings (SSSR count). The lowest BCUT2D eigenvalue weighted by Gasteiger charge is -2.22. The van der Waals surface area contributed by atoms with Gasteiger partial charge in [-0.25, -0.2) is 0 Å². The van der Waals surface area contributed by atoms with Gasteiger partial charge in [-0.3, -0.25) is 9.59 Å². The highest BCUT2D eigenvalue weighted by atomic mass is 16.5. The Labute approximate surface area is 432 Å². The van der Waals surface area contributed by atoms with E-state index in [1.807, 2.05) is 0 Å². The topological polar surface area (TPSA) is 95.9 Å². The van der Waals surface area contributed by atoms with E-state index >= 15 is 0 Å². The molecule has 0 fully saturated rings. The number of aliphatic hydroxyl groups is 2. The van der Waals surface area contributed by atoms with E-state index in [1.54, 1.807) is 0 Å². The van der Waals surface area contributed by atoms with Crippen LogP contribution >= 0.6 is 0 Å². The van der Waals surface area contributed by atoms with Gasteiger partial charge in [0.2, 0.25) is 5.91 Å². The van der Waals surface area contributed by atoms with E-state index in [9.17, 15) is 19.8 Å². The first kappa shape index (κ1) is 67.9. The maximum atomic E-state index is 12.5. The van der Waals surface area contributed by atoms with Gasteiger partial charge >= 0.3 is 5.97 Å². The maximum absolute atomic E-state index is 12.5. The summed E-state index contributed by atoms with van der Waals surface area (Å²) in [7, 11) is 0. The third kappa shape index (κ3) is 56.0. The van der Waals surface area contributed by atoms with Gasteiger partial charge in [0, 0.05) is 12.8 Å². The summed E-state index contributed by atoms with van der Waals surface area (Å²) in [6.07, 6.45) is 69.7. The summed E-state index contributed by atoms with van der Waals surface area (Å²) in [6, 6.07) is -0.542. The maximum Gasteiger partial charge on any atom is 0.305 e. The molecule has 0 aliphatic rings. The second-order valence-electron chi connectivity index (χ2n) is 22.1. The van der Waals surface area contributed by atoms with Crippen LogP contribution in [0, 0.1) is 0 Å². The van der Waals surface area contributed by atoms with Crippen molar-refractivity contribution >= 4 is 11.9 Å². The molecule has 0 spiro atoms. The fourth-order valence-electron chi connectivity index (χ4n) is 10.3. The summed E-state index contributed by atoms with van der Waals surface area (Å²) >= 11 is 0. The lowest BCUT2D eigenvalue weighted by molar-refractivity contribution is -0.143. The zero-order valence-corrected chi connectivity index (χ0v) is 47.1. The number of hydrogen-bond acceptors (Lipinski definition) is 5. The molecule has 1 amide bonds. The van der Waals surface area contributed by atoms with E-state index in [0.717, 1.165) is 38.5 Å². The fourth-order valence-corrected chi connectivity index (χ4v) is 10.3. The molecule has 0 saturated heterocycles. The number of unbranched alkanes of at least 4 members (excludes halogenated alkanes) is 49. The Hall–Kier alpha value is -1.14. The molecular weight excluding hydrogens is 851 g/mol. The van der Waals surface area contributed by atoms with Gasteiger partial charge in [-0.2, -0.15) is 0 Å². The van der Waals surface area contributed by atoms with Gasteiger partial charge in [0.15, 0.2) is 0 Å². The number of esters is 1. The smallest absolute Gasteiger partial charge is 0.305 e. The van der Waals surface area contributed by atoms with Gasteiger partial charge in [-0.05, 0) is 25.7 Å². The molecule has 6 heteroatoms. The molecule has 0 radical (unpaired) electrons. The van der Waals surface area contributed by atoms with E-state index in [0.29, 0.717) is 25.9 Å². The van der Waals surface area contributed by atoms with Crippen LogP contribution in [0.5, 0.6) is 0 Å². The molecule has 0 saturated carbocycles. The number of rotatable bonds is 60.